The van der Waals surface area contributed by atoms with E-state index in [-0.39, 0.29) is 5.97 Å². The Labute approximate surface area is 160 Å². The number of aliphatic imine (C=N–C) groups is 1. The number of hydrogen-bond acceptors (Lipinski definition) is 3. The Morgan fingerprint density at radius 2 is 1.78 bits per heavy atom. The summed E-state index contributed by atoms with van der Waals surface area (Å²) < 4.78 is 5.61. The molecule has 0 aliphatic rings. The van der Waals surface area contributed by atoms with Crippen molar-refractivity contribution in [2.75, 3.05) is 13.6 Å². The van der Waals surface area contributed by atoms with Crippen molar-refractivity contribution in [1.29, 1.82) is 0 Å². The van der Waals surface area contributed by atoms with Crippen molar-refractivity contribution >= 4 is 28.8 Å². The molecule has 0 aliphatic carbocycles. The molecule has 0 saturated carbocycles. The molecule has 0 radical (unpaired) electrons. The SMILES string of the molecule is CCN(C)C=Nc1cc(C)c(C(=O)Oc2ccc3ccccc3c2)cc1C. The summed E-state index contributed by atoms with van der Waals surface area (Å²) in [5.41, 5.74) is 3.20. The number of rotatable bonds is 5. The maximum Gasteiger partial charge on any atom is 0.343 e. The monoisotopic (exact) mass is 360 g/mol. The van der Waals surface area contributed by atoms with Crippen LogP contribution in [0.15, 0.2) is 59.6 Å². The van der Waals surface area contributed by atoms with Gasteiger partial charge in [0.25, 0.3) is 0 Å². The lowest BCUT2D eigenvalue weighted by Crippen LogP contribution is -2.14. The van der Waals surface area contributed by atoms with Gasteiger partial charge in [0, 0.05) is 13.6 Å². The number of benzene rings is 3. The highest BCUT2D eigenvalue weighted by Gasteiger charge is 2.14. The van der Waals surface area contributed by atoms with Gasteiger partial charge in [-0.1, -0.05) is 30.3 Å². The Hall–Kier alpha value is -3.14. The topological polar surface area (TPSA) is 41.9 Å². The van der Waals surface area contributed by atoms with Crippen LogP contribution in [0.2, 0.25) is 0 Å². The summed E-state index contributed by atoms with van der Waals surface area (Å²) >= 11 is 0. The standard InChI is InChI=1S/C23H24N2O2/c1-5-25(4)15-24-22-13-16(2)21(12-17(22)3)23(26)27-20-11-10-18-8-6-7-9-19(18)14-20/h6-15H,5H2,1-4H3. The number of aryl methyl sites for hydroxylation is 2. The second-order valence-corrected chi connectivity index (χ2v) is 6.67. The molecule has 0 aliphatic heterocycles. The van der Waals surface area contributed by atoms with Crippen molar-refractivity contribution in [3.05, 3.63) is 71.3 Å². The van der Waals surface area contributed by atoms with Crippen LogP contribution in [0.25, 0.3) is 10.8 Å². The van der Waals surface area contributed by atoms with Crippen LogP contribution in [-0.2, 0) is 0 Å². The normalized spacial score (nSPS) is 11.1. The largest absolute Gasteiger partial charge is 0.423 e. The third kappa shape index (κ3) is 4.34. The summed E-state index contributed by atoms with van der Waals surface area (Å²) in [4.78, 5) is 19.2. The number of carbonyl (C=O) groups is 1. The van der Waals surface area contributed by atoms with E-state index in [0.717, 1.165) is 34.1 Å². The van der Waals surface area contributed by atoms with Gasteiger partial charge >= 0.3 is 5.97 Å². The summed E-state index contributed by atoms with van der Waals surface area (Å²) in [7, 11) is 1.97. The first kappa shape index (κ1) is 18.6. The Kier molecular flexibility index (Phi) is 5.55. The highest BCUT2D eigenvalue weighted by Crippen LogP contribution is 2.26. The van der Waals surface area contributed by atoms with E-state index in [1.165, 1.54) is 0 Å². The van der Waals surface area contributed by atoms with Gasteiger partial charge in [-0.15, -0.1) is 0 Å². The quantitative estimate of drug-likeness (QED) is 0.269. The molecule has 0 amide bonds. The smallest absolute Gasteiger partial charge is 0.343 e. The maximum absolute atomic E-state index is 12.7. The van der Waals surface area contributed by atoms with Gasteiger partial charge in [-0.05, 0) is 66.9 Å². The fourth-order valence-corrected chi connectivity index (χ4v) is 2.80. The van der Waals surface area contributed by atoms with Crippen LogP contribution in [-0.4, -0.2) is 30.8 Å². The van der Waals surface area contributed by atoms with E-state index in [4.69, 9.17) is 4.74 Å². The molecule has 0 aromatic heterocycles. The molecular weight excluding hydrogens is 336 g/mol. The highest BCUT2D eigenvalue weighted by atomic mass is 16.5. The summed E-state index contributed by atoms with van der Waals surface area (Å²) in [5.74, 6) is 0.189. The lowest BCUT2D eigenvalue weighted by molar-refractivity contribution is 0.0734. The molecule has 3 aromatic rings. The second-order valence-electron chi connectivity index (χ2n) is 6.67. The van der Waals surface area contributed by atoms with Gasteiger partial charge in [-0.3, -0.25) is 0 Å². The molecule has 4 heteroatoms. The number of fused-ring (bicyclic) bond motifs is 1. The summed E-state index contributed by atoms with van der Waals surface area (Å²) in [6, 6.07) is 17.4. The van der Waals surface area contributed by atoms with Crippen LogP contribution in [0, 0.1) is 13.8 Å². The zero-order valence-corrected chi connectivity index (χ0v) is 16.2. The van der Waals surface area contributed by atoms with Gasteiger partial charge in [0.05, 0.1) is 17.6 Å². The van der Waals surface area contributed by atoms with Gasteiger partial charge in [0.2, 0.25) is 0 Å². The van der Waals surface area contributed by atoms with Gasteiger partial charge in [0.1, 0.15) is 5.75 Å². The average molecular weight is 360 g/mol. The molecule has 0 bridgehead atoms. The van der Waals surface area contributed by atoms with Crippen LogP contribution >= 0.6 is 0 Å². The van der Waals surface area contributed by atoms with E-state index in [0.29, 0.717) is 11.3 Å². The minimum atomic E-state index is -0.355. The van der Waals surface area contributed by atoms with Crippen molar-refractivity contribution in [2.24, 2.45) is 4.99 Å². The minimum absolute atomic E-state index is 0.355. The highest BCUT2D eigenvalue weighted by molar-refractivity contribution is 5.94. The van der Waals surface area contributed by atoms with E-state index in [2.05, 4.69) is 11.9 Å². The average Bonchev–Trinajstić information content (AvgIpc) is 2.67. The maximum atomic E-state index is 12.7. The predicted molar refractivity (Wildman–Crippen MR) is 111 cm³/mol. The Morgan fingerprint density at radius 1 is 1.04 bits per heavy atom. The van der Waals surface area contributed by atoms with E-state index >= 15 is 0 Å². The number of esters is 1. The van der Waals surface area contributed by atoms with Crippen molar-refractivity contribution < 1.29 is 9.53 Å². The van der Waals surface area contributed by atoms with Crippen LogP contribution in [0.4, 0.5) is 5.69 Å². The van der Waals surface area contributed by atoms with E-state index in [1.54, 1.807) is 6.34 Å². The van der Waals surface area contributed by atoms with E-state index < -0.39 is 0 Å². The number of hydrogen-bond donors (Lipinski definition) is 0. The lowest BCUT2D eigenvalue weighted by Gasteiger charge is -2.12. The molecule has 27 heavy (non-hydrogen) atoms. The molecule has 138 valence electrons. The third-order valence-electron chi connectivity index (χ3n) is 4.59. The first-order chi connectivity index (χ1) is 13.0. The van der Waals surface area contributed by atoms with E-state index in [1.807, 2.05) is 80.4 Å². The lowest BCUT2D eigenvalue weighted by atomic mass is 10.0. The fraction of sp³-hybridized carbons (Fsp3) is 0.217. The van der Waals surface area contributed by atoms with Gasteiger partial charge in [-0.25, -0.2) is 9.79 Å². The summed E-state index contributed by atoms with van der Waals surface area (Å²) in [6.45, 7) is 6.80. The predicted octanol–water partition coefficient (Wildman–Crippen LogP) is 5.29. The van der Waals surface area contributed by atoms with Crippen LogP contribution in [0.3, 0.4) is 0 Å². The molecule has 0 saturated heterocycles. The third-order valence-corrected chi connectivity index (χ3v) is 4.59. The molecule has 0 unspecified atom stereocenters. The molecule has 0 N–H and O–H groups in total. The van der Waals surface area contributed by atoms with Crippen molar-refractivity contribution in [3.8, 4) is 5.75 Å². The minimum Gasteiger partial charge on any atom is -0.423 e. The molecule has 0 spiro atoms. The van der Waals surface area contributed by atoms with Crippen molar-refractivity contribution in [2.45, 2.75) is 20.8 Å². The van der Waals surface area contributed by atoms with Crippen molar-refractivity contribution in [3.63, 3.8) is 0 Å². The first-order valence-electron chi connectivity index (χ1n) is 9.04. The number of nitrogens with zero attached hydrogens (tertiary/aromatic N) is 2. The molecule has 4 nitrogen and oxygen atoms in total. The molecule has 3 rings (SSSR count). The number of carbonyl (C=O) groups excluding carboxylic acids is 1. The second kappa shape index (κ2) is 8.04. The van der Waals surface area contributed by atoms with Gasteiger partial charge in [0.15, 0.2) is 0 Å². The number of ether oxygens (including phenoxy) is 1. The van der Waals surface area contributed by atoms with Crippen molar-refractivity contribution in [1.82, 2.24) is 4.90 Å². The Bertz CT molecular complexity index is 1010. The molecule has 0 fully saturated rings. The van der Waals surface area contributed by atoms with E-state index in [9.17, 15) is 4.79 Å². The molecule has 0 heterocycles. The van der Waals surface area contributed by atoms with Crippen LogP contribution in [0.5, 0.6) is 5.75 Å². The first-order valence-corrected chi connectivity index (χ1v) is 9.04. The Morgan fingerprint density at radius 3 is 2.52 bits per heavy atom. The van der Waals surface area contributed by atoms with Crippen LogP contribution < -0.4 is 4.74 Å². The van der Waals surface area contributed by atoms with Crippen LogP contribution in [0.1, 0.15) is 28.4 Å². The summed E-state index contributed by atoms with van der Waals surface area (Å²) in [5, 5.41) is 2.16. The Balaban J connectivity index is 1.83. The molecule has 0 atom stereocenters. The fourth-order valence-electron chi connectivity index (χ4n) is 2.80. The molecule has 3 aromatic carbocycles. The summed E-state index contributed by atoms with van der Waals surface area (Å²) in [6.07, 6.45) is 1.80. The van der Waals surface area contributed by atoms with Gasteiger partial charge in [-0.2, -0.15) is 0 Å². The zero-order valence-electron chi connectivity index (χ0n) is 16.2. The molecular formula is C23H24N2O2. The van der Waals surface area contributed by atoms with Gasteiger partial charge < -0.3 is 9.64 Å². The zero-order chi connectivity index (χ0) is 19.4.